The molecule has 1 N–H and O–H groups in total. The second-order valence-electron chi connectivity index (χ2n) is 7.97. The lowest BCUT2D eigenvalue weighted by atomic mass is 10.0. The zero-order valence-electron chi connectivity index (χ0n) is 17.0. The van der Waals surface area contributed by atoms with Gasteiger partial charge in [0.25, 0.3) is 0 Å². The van der Waals surface area contributed by atoms with Gasteiger partial charge >= 0.3 is 0 Å². The Morgan fingerprint density at radius 1 is 1.00 bits per heavy atom. The molecular formula is C23H29FN2O2. The van der Waals surface area contributed by atoms with Crippen molar-refractivity contribution in [3.8, 4) is 0 Å². The Morgan fingerprint density at radius 3 is 2.14 bits per heavy atom. The highest BCUT2D eigenvalue weighted by Gasteiger charge is 2.30. The molecule has 0 aliphatic rings. The second-order valence-corrected chi connectivity index (χ2v) is 7.97. The third-order valence-corrected chi connectivity index (χ3v) is 4.35. The lowest BCUT2D eigenvalue weighted by molar-refractivity contribution is -0.141. The minimum Gasteiger partial charge on any atom is -0.350 e. The molecule has 0 heterocycles. The summed E-state index contributed by atoms with van der Waals surface area (Å²) in [6.07, 6.45) is 0.621. The average molecular weight is 384 g/mol. The van der Waals surface area contributed by atoms with E-state index in [1.807, 2.05) is 58.0 Å². The molecule has 150 valence electrons. The highest BCUT2D eigenvalue weighted by atomic mass is 19.1. The molecule has 0 aliphatic heterocycles. The zero-order chi connectivity index (χ0) is 20.7. The Labute approximate surface area is 166 Å². The molecule has 2 aromatic carbocycles. The van der Waals surface area contributed by atoms with Gasteiger partial charge in [-0.05, 0) is 50.5 Å². The highest BCUT2D eigenvalue weighted by molar-refractivity contribution is 5.88. The van der Waals surface area contributed by atoms with E-state index in [1.165, 1.54) is 12.1 Å². The van der Waals surface area contributed by atoms with Crippen LogP contribution in [0.3, 0.4) is 0 Å². The number of hydrogen-bond acceptors (Lipinski definition) is 2. The minimum atomic E-state index is -0.577. The van der Waals surface area contributed by atoms with Crippen molar-refractivity contribution in [2.45, 2.75) is 58.7 Å². The first-order valence-electron chi connectivity index (χ1n) is 9.59. The molecule has 5 heteroatoms. The number of carbonyl (C=O) groups excluding carboxylic acids is 2. The molecule has 0 bridgehead atoms. The lowest BCUT2D eigenvalue weighted by Crippen LogP contribution is -2.53. The lowest BCUT2D eigenvalue weighted by Gasteiger charge is -2.33. The predicted octanol–water partition coefficient (Wildman–Crippen LogP) is 4.09. The summed E-state index contributed by atoms with van der Waals surface area (Å²) in [7, 11) is 0. The maximum absolute atomic E-state index is 13.2. The number of amides is 2. The maximum atomic E-state index is 13.2. The molecule has 28 heavy (non-hydrogen) atoms. The maximum Gasteiger partial charge on any atom is 0.243 e. The van der Waals surface area contributed by atoms with Crippen molar-refractivity contribution in [3.63, 3.8) is 0 Å². The van der Waals surface area contributed by atoms with Gasteiger partial charge in [0.05, 0.1) is 6.42 Å². The van der Waals surface area contributed by atoms with Crippen molar-refractivity contribution < 1.29 is 14.0 Å². The van der Waals surface area contributed by atoms with E-state index in [-0.39, 0.29) is 29.6 Å². The van der Waals surface area contributed by atoms with Crippen molar-refractivity contribution in [2.75, 3.05) is 0 Å². The van der Waals surface area contributed by atoms with Crippen LogP contribution in [0.15, 0.2) is 54.6 Å². The smallest absolute Gasteiger partial charge is 0.243 e. The van der Waals surface area contributed by atoms with Gasteiger partial charge < -0.3 is 10.2 Å². The molecule has 1 atom stereocenters. The molecule has 4 nitrogen and oxygen atoms in total. The summed E-state index contributed by atoms with van der Waals surface area (Å²) >= 11 is 0. The van der Waals surface area contributed by atoms with Crippen molar-refractivity contribution in [2.24, 2.45) is 0 Å². The summed E-state index contributed by atoms with van der Waals surface area (Å²) in [6, 6.07) is 14.9. The summed E-state index contributed by atoms with van der Waals surface area (Å²) in [6.45, 7) is 7.99. The predicted molar refractivity (Wildman–Crippen MR) is 109 cm³/mol. The van der Waals surface area contributed by atoms with Crippen molar-refractivity contribution in [3.05, 3.63) is 71.5 Å². The number of benzene rings is 2. The number of rotatable bonds is 7. The molecule has 0 spiro atoms. The minimum absolute atomic E-state index is 0.117. The molecule has 0 aliphatic carbocycles. The largest absolute Gasteiger partial charge is 0.350 e. The first kappa shape index (κ1) is 21.6. The van der Waals surface area contributed by atoms with Gasteiger partial charge in [-0.25, -0.2) is 4.39 Å². The van der Waals surface area contributed by atoms with Gasteiger partial charge in [-0.15, -0.1) is 0 Å². The molecule has 1 unspecified atom stereocenters. The fourth-order valence-electron chi connectivity index (χ4n) is 3.03. The molecule has 0 saturated heterocycles. The SMILES string of the molecule is CCC(C(=O)NC(C)(C)C)N(Cc1ccccc1)C(=O)Cc1ccc(F)cc1. The first-order valence-corrected chi connectivity index (χ1v) is 9.59. The summed E-state index contributed by atoms with van der Waals surface area (Å²) in [4.78, 5) is 27.6. The number of nitrogens with zero attached hydrogens (tertiary/aromatic N) is 1. The van der Waals surface area contributed by atoms with Gasteiger partial charge in [0, 0.05) is 12.1 Å². The Balaban J connectivity index is 2.27. The van der Waals surface area contributed by atoms with Crippen molar-refractivity contribution in [1.29, 1.82) is 0 Å². The Kier molecular flexibility index (Phi) is 7.32. The van der Waals surface area contributed by atoms with Crippen LogP contribution in [-0.2, 0) is 22.6 Å². The van der Waals surface area contributed by atoms with Crippen LogP contribution in [0.2, 0.25) is 0 Å². The molecule has 0 fully saturated rings. The summed E-state index contributed by atoms with van der Waals surface area (Å²) in [5.41, 5.74) is 1.29. The van der Waals surface area contributed by atoms with E-state index < -0.39 is 6.04 Å². The molecule has 2 aromatic rings. The van der Waals surface area contributed by atoms with Crippen LogP contribution in [0.5, 0.6) is 0 Å². The molecule has 2 rings (SSSR count). The molecule has 0 saturated carbocycles. The topological polar surface area (TPSA) is 49.4 Å². The first-order chi connectivity index (χ1) is 13.2. The molecule has 2 amide bonds. The Morgan fingerprint density at radius 2 is 1.61 bits per heavy atom. The van der Waals surface area contributed by atoms with Gasteiger partial charge in [-0.1, -0.05) is 49.4 Å². The van der Waals surface area contributed by atoms with E-state index in [2.05, 4.69) is 5.32 Å². The normalized spacial score (nSPS) is 12.3. The number of halogens is 1. The van der Waals surface area contributed by atoms with Crippen LogP contribution < -0.4 is 5.32 Å². The van der Waals surface area contributed by atoms with Crippen molar-refractivity contribution >= 4 is 11.8 Å². The van der Waals surface area contributed by atoms with E-state index in [9.17, 15) is 14.0 Å². The zero-order valence-corrected chi connectivity index (χ0v) is 17.0. The van der Waals surface area contributed by atoms with Crippen LogP contribution in [0.4, 0.5) is 4.39 Å². The van der Waals surface area contributed by atoms with Gasteiger partial charge in [0.2, 0.25) is 11.8 Å². The van der Waals surface area contributed by atoms with E-state index >= 15 is 0 Å². The summed E-state index contributed by atoms with van der Waals surface area (Å²) < 4.78 is 13.2. The van der Waals surface area contributed by atoms with Crippen LogP contribution in [0.1, 0.15) is 45.2 Å². The van der Waals surface area contributed by atoms with Gasteiger partial charge in [-0.3, -0.25) is 9.59 Å². The third-order valence-electron chi connectivity index (χ3n) is 4.35. The van der Waals surface area contributed by atoms with E-state index in [0.717, 1.165) is 11.1 Å². The molecule has 0 aromatic heterocycles. The van der Waals surface area contributed by atoms with Crippen LogP contribution in [0.25, 0.3) is 0 Å². The van der Waals surface area contributed by atoms with Gasteiger partial charge in [-0.2, -0.15) is 0 Å². The average Bonchev–Trinajstić information content (AvgIpc) is 2.63. The number of hydrogen-bond donors (Lipinski definition) is 1. The fraction of sp³-hybridized carbons (Fsp3) is 0.391. The van der Waals surface area contributed by atoms with Crippen LogP contribution in [0, 0.1) is 5.82 Å². The monoisotopic (exact) mass is 384 g/mol. The van der Waals surface area contributed by atoms with Crippen LogP contribution >= 0.6 is 0 Å². The molecule has 0 radical (unpaired) electrons. The second kappa shape index (κ2) is 9.49. The van der Waals surface area contributed by atoms with Gasteiger partial charge in [0.15, 0.2) is 0 Å². The third kappa shape index (κ3) is 6.48. The quantitative estimate of drug-likeness (QED) is 0.782. The van der Waals surface area contributed by atoms with E-state index in [1.54, 1.807) is 17.0 Å². The number of carbonyl (C=O) groups is 2. The fourth-order valence-corrected chi connectivity index (χ4v) is 3.03. The molecular weight excluding hydrogens is 355 g/mol. The Hall–Kier alpha value is -2.69. The van der Waals surface area contributed by atoms with Crippen molar-refractivity contribution in [1.82, 2.24) is 10.2 Å². The van der Waals surface area contributed by atoms with E-state index in [4.69, 9.17) is 0 Å². The standard InChI is InChI=1S/C23H29FN2O2/c1-5-20(22(28)25-23(2,3)4)26(16-18-9-7-6-8-10-18)21(27)15-17-11-13-19(24)14-12-17/h6-14,20H,5,15-16H2,1-4H3,(H,25,28). The highest BCUT2D eigenvalue weighted by Crippen LogP contribution is 2.16. The summed E-state index contributed by atoms with van der Waals surface area (Å²) in [5, 5.41) is 2.98. The summed E-state index contributed by atoms with van der Waals surface area (Å²) in [5.74, 6) is -0.668. The van der Waals surface area contributed by atoms with Crippen LogP contribution in [-0.4, -0.2) is 28.3 Å². The Bertz CT molecular complexity index is 782. The van der Waals surface area contributed by atoms with Gasteiger partial charge in [0.1, 0.15) is 11.9 Å². The number of nitrogens with one attached hydrogen (secondary N) is 1. The van der Waals surface area contributed by atoms with E-state index in [0.29, 0.717) is 13.0 Å².